The highest BCUT2D eigenvalue weighted by molar-refractivity contribution is 5.57. The summed E-state index contributed by atoms with van der Waals surface area (Å²) in [7, 11) is 0. The van der Waals surface area contributed by atoms with Crippen LogP contribution < -0.4 is 5.32 Å². The molecule has 13 heavy (non-hydrogen) atoms. The second-order valence-corrected chi connectivity index (χ2v) is 4.04. The van der Waals surface area contributed by atoms with Crippen molar-refractivity contribution >= 4 is 6.29 Å². The summed E-state index contributed by atoms with van der Waals surface area (Å²) in [6.07, 6.45) is 8.90. The van der Waals surface area contributed by atoms with Gasteiger partial charge in [-0.1, -0.05) is 39.0 Å². The molecule has 0 saturated heterocycles. The van der Waals surface area contributed by atoms with Crippen molar-refractivity contribution in [3.8, 4) is 0 Å². The highest BCUT2D eigenvalue weighted by Crippen LogP contribution is 2.26. The Morgan fingerprint density at radius 1 is 1.38 bits per heavy atom. The Labute approximate surface area is 81.1 Å². The molecule has 1 unspecified atom stereocenters. The van der Waals surface area contributed by atoms with E-state index in [9.17, 15) is 4.79 Å². The zero-order chi connectivity index (χ0) is 9.52. The third kappa shape index (κ3) is 3.90. The lowest BCUT2D eigenvalue weighted by atomic mass is 9.85. The van der Waals surface area contributed by atoms with Crippen LogP contribution in [0.2, 0.25) is 0 Å². The molecule has 1 aliphatic rings. The Morgan fingerprint density at radius 2 is 2.08 bits per heavy atom. The molecule has 1 atom stereocenters. The minimum atomic E-state index is 0.105. The molecule has 0 aromatic rings. The number of likely N-dealkylation sites (N-methyl/N-ethyl adjacent to an activating group) is 1. The maximum absolute atomic E-state index is 10.7. The first-order chi connectivity index (χ1) is 6.36. The Bertz CT molecular complexity index is 141. The van der Waals surface area contributed by atoms with Gasteiger partial charge in [-0.2, -0.15) is 0 Å². The predicted octanol–water partition coefficient (Wildman–Crippen LogP) is 2.13. The fourth-order valence-corrected chi connectivity index (χ4v) is 2.23. The Hall–Kier alpha value is -0.370. The molecule has 1 fully saturated rings. The van der Waals surface area contributed by atoms with Crippen LogP contribution in [0.4, 0.5) is 0 Å². The summed E-state index contributed by atoms with van der Waals surface area (Å²) >= 11 is 0. The van der Waals surface area contributed by atoms with Gasteiger partial charge in [-0.15, -0.1) is 0 Å². The van der Waals surface area contributed by atoms with E-state index in [-0.39, 0.29) is 6.04 Å². The van der Waals surface area contributed by atoms with Crippen LogP contribution in [0, 0.1) is 5.92 Å². The van der Waals surface area contributed by atoms with Gasteiger partial charge in [-0.05, 0) is 18.9 Å². The van der Waals surface area contributed by atoms with E-state index in [1.807, 2.05) is 0 Å². The van der Waals surface area contributed by atoms with E-state index in [1.165, 1.54) is 32.1 Å². The van der Waals surface area contributed by atoms with Gasteiger partial charge < -0.3 is 10.1 Å². The first-order valence-electron chi connectivity index (χ1n) is 5.55. The molecule has 0 spiro atoms. The third-order valence-electron chi connectivity index (χ3n) is 2.94. The number of aldehydes is 1. The van der Waals surface area contributed by atoms with Crippen LogP contribution in [0.1, 0.15) is 45.4 Å². The molecular formula is C11H21NO. The summed E-state index contributed by atoms with van der Waals surface area (Å²) in [5.74, 6) is 0.794. The maximum atomic E-state index is 10.7. The number of carbonyl (C=O) groups excluding carboxylic acids is 1. The van der Waals surface area contributed by atoms with Gasteiger partial charge in [0.25, 0.3) is 0 Å². The van der Waals surface area contributed by atoms with Crippen LogP contribution in [-0.2, 0) is 4.79 Å². The SMILES string of the molecule is CCNC(C=O)CC1CCCCC1. The maximum Gasteiger partial charge on any atom is 0.136 e. The summed E-state index contributed by atoms with van der Waals surface area (Å²) in [6.45, 7) is 2.95. The van der Waals surface area contributed by atoms with E-state index in [1.54, 1.807) is 0 Å². The van der Waals surface area contributed by atoms with Gasteiger partial charge in [0, 0.05) is 0 Å². The molecule has 1 saturated carbocycles. The van der Waals surface area contributed by atoms with Crippen LogP contribution in [0.5, 0.6) is 0 Å². The minimum Gasteiger partial charge on any atom is -0.308 e. The van der Waals surface area contributed by atoms with Crippen LogP contribution in [0.25, 0.3) is 0 Å². The quantitative estimate of drug-likeness (QED) is 0.662. The van der Waals surface area contributed by atoms with E-state index in [4.69, 9.17) is 0 Å². The number of rotatable bonds is 5. The molecular weight excluding hydrogens is 162 g/mol. The van der Waals surface area contributed by atoms with Crippen molar-refractivity contribution in [2.75, 3.05) is 6.54 Å². The average molecular weight is 183 g/mol. The monoisotopic (exact) mass is 183 g/mol. The van der Waals surface area contributed by atoms with Gasteiger partial charge in [-0.3, -0.25) is 0 Å². The Kier molecular flexibility index (Phi) is 5.06. The van der Waals surface area contributed by atoms with Gasteiger partial charge in [0.15, 0.2) is 0 Å². The fraction of sp³-hybridized carbons (Fsp3) is 0.909. The van der Waals surface area contributed by atoms with Crippen molar-refractivity contribution in [2.24, 2.45) is 5.92 Å². The van der Waals surface area contributed by atoms with Crippen LogP contribution in [0.15, 0.2) is 0 Å². The van der Waals surface area contributed by atoms with E-state index in [2.05, 4.69) is 12.2 Å². The predicted molar refractivity (Wildman–Crippen MR) is 54.7 cm³/mol. The van der Waals surface area contributed by atoms with Crippen molar-refractivity contribution in [3.05, 3.63) is 0 Å². The summed E-state index contributed by atoms with van der Waals surface area (Å²) in [5, 5.41) is 3.21. The lowest BCUT2D eigenvalue weighted by Gasteiger charge is -2.24. The van der Waals surface area contributed by atoms with Crippen molar-refractivity contribution in [1.82, 2.24) is 5.32 Å². The smallest absolute Gasteiger partial charge is 0.136 e. The highest BCUT2D eigenvalue weighted by Gasteiger charge is 2.17. The normalized spacial score (nSPS) is 21.3. The number of nitrogens with one attached hydrogen (secondary N) is 1. The van der Waals surface area contributed by atoms with Crippen LogP contribution >= 0.6 is 0 Å². The van der Waals surface area contributed by atoms with E-state index < -0.39 is 0 Å². The second kappa shape index (κ2) is 6.14. The molecule has 76 valence electrons. The van der Waals surface area contributed by atoms with Crippen LogP contribution in [0.3, 0.4) is 0 Å². The first-order valence-corrected chi connectivity index (χ1v) is 5.55. The summed E-state index contributed by atoms with van der Waals surface area (Å²) in [4.78, 5) is 10.7. The molecule has 1 aliphatic carbocycles. The largest absolute Gasteiger partial charge is 0.308 e. The Balaban J connectivity index is 2.22. The Morgan fingerprint density at radius 3 is 2.62 bits per heavy atom. The molecule has 1 rings (SSSR count). The number of hydrogen-bond acceptors (Lipinski definition) is 2. The van der Waals surface area contributed by atoms with E-state index in [0.29, 0.717) is 0 Å². The summed E-state index contributed by atoms with van der Waals surface area (Å²) < 4.78 is 0. The lowest BCUT2D eigenvalue weighted by molar-refractivity contribution is -0.110. The van der Waals surface area contributed by atoms with E-state index >= 15 is 0 Å². The van der Waals surface area contributed by atoms with Crippen molar-refractivity contribution in [1.29, 1.82) is 0 Å². The molecule has 1 N–H and O–H groups in total. The molecule has 0 heterocycles. The zero-order valence-electron chi connectivity index (χ0n) is 8.59. The standard InChI is InChI=1S/C11H21NO/c1-2-12-11(9-13)8-10-6-4-3-5-7-10/h9-12H,2-8H2,1H3. The third-order valence-corrected chi connectivity index (χ3v) is 2.94. The van der Waals surface area contributed by atoms with Gasteiger partial charge in [0.1, 0.15) is 6.29 Å². The van der Waals surface area contributed by atoms with Crippen molar-refractivity contribution in [2.45, 2.75) is 51.5 Å². The highest BCUT2D eigenvalue weighted by atomic mass is 16.1. The topological polar surface area (TPSA) is 29.1 Å². The first kappa shape index (κ1) is 10.7. The molecule has 0 bridgehead atoms. The average Bonchev–Trinajstić information content (AvgIpc) is 2.19. The molecule has 0 aliphatic heterocycles. The van der Waals surface area contributed by atoms with Gasteiger partial charge in [0.2, 0.25) is 0 Å². The van der Waals surface area contributed by atoms with Gasteiger partial charge in [0.05, 0.1) is 6.04 Å². The fourth-order valence-electron chi connectivity index (χ4n) is 2.23. The minimum absolute atomic E-state index is 0.105. The summed E-state index contributed by atoms with van der Waals surface area (Å²) in [5.41, 5.74) is 0. The molecule has 0 aromatic heterocycles. The van der Waals surface area contributed by atoms with Gasteiger partial charge in [-0.25, -0.2) is 0 Å². The summed E-state index contributed by atoms with van der Waals surface area (Å²) in [6, 6.07) is 0.105. The lowest BCUT2D eigenvalue weighted by Crippen LogP contribution is -2.32. The van der Waals surface area contributed by atoms with Crippen molar-refractivity contribution in [3.63, 3.8) is 0 Å². The molecule has 0 amide bonds. The molecule has 2 heteroatoms. The van der Waals surface area contributed by atoms with Crippen LogP contribution in [-0.4, -0.2) is 18.9 Å². The molecule has 0 aromatic carbocycles. The second-order valence-electron chi connectivity index (χ2n) is 4.04. The number of carbonyl (C=O) groups is 1. The zero-order valence-corrected chi connectivity index (χ0v) is 8.59. The van der Waals surface area contributed by atoms with E-state index in [0.717, 1.165) is 25.2 Å². The number of hydrogen-bond donors (Lipinski definition) is 1. The molecule has 0 radical (unpaired) electrons. The molecule has 2 nitrogen and oxygen atoms in total. The van der Waals surface area contributed by atoms with Crippen molar-refractivity contribution < 1.29 is 4.79 Å². The van der Waals surface area contributed by atoms with Gasteiger partial charge >= 0.3 is 0 Å².